The highest BCUT2D eigenvalue weighted by molar-refractivity contribution is 5.84. The number of nitrogens with zero attached hydrogens (tertiary/aromatic N) is 1. The lowest BCUT2D eigenvalue weighted by Crippen LogP contribution is -2.29. The normalized spacial score (nSPS) is 14.1. The Kier molecular flexibility index (Phi) is 4.59. The van der Waals surface area contributed by atoms with E-state index in [1.54, 1.807) is 0 Å². The van der Waals surface area contributed by atoms with Gasteiger partial charge in [0.1, 0.15) is 12.4 Å². The van der Waals surface area contributed by atoms with Crippen molar-refractivity contribution in [2.45, 2.75) is 26.1 Å². The molecule has 0 fully saturated rings. The monoisotopic (exact) mass is 368 g/mol. The third-order valence-corrected chi connectivity index (χ3v) is 5.51. The van der Waals surface area contributed by atoms with Gasteiger partial charge in [-0.2, -0.15) is 0 Å². The van der Waals surface area contributed by atoms with Gasteiger partial charge in [0, 0.05) is 36.2 Å². The van der Waals surface area contributed by atoms with E-state index in [4.69, 9.17) is 4.74 Å². The Morgan fingerprint density at radius 1 is 0.857 bits per heavy atom. The van der Waals surface area contributed by atoms with E-state index < -0.39 is 0 Å². The van der Waals surface area contributed by atoms with Crippen LogP contribution in [-0.2, 0) is 26.1 Å². The van der Waals surface area contributed by atoms with E-state index in [-0.39, 0.29) is 0 Å². The molecule has 1 N–H and O–H groups in total. The van der Waals surface area contributed by atoms with Crippen LogP contribution in [0.1, 0.15) is 22.4 Å². The van der Waals surface area contributed by atoms with Crippen molar-refractivity contribution < 1.29 is 4.74 Å². The van der Waals surface area contributed by atoms with Crippen LogP contribution >= 0.6 is 0 Å². The van der Waals surface area contributed by atoms with Crippen molar-refractivity contribution >= 4 is 10.9 Å². The van der Waals surface area contributed by atoms with E-state index in [0.717, 1.165) is 31.8 Å². The molecule has 2 heterocycles. The molecule has 140 valence electrons. The highest BCUT2D eigenvalue weighted by Crippen LogP contribution is 2.28. The highest BCUT2D eigenvalue weighted by atomic mass is 16.5. The molecule has 1 aliphatic heterocycles. The van der Waals surface area contributed by atoms with Crippen LogP contribution in [0.2, 0.25) is 0 Å². The molecule has 0 atom stereocenters. The fraction of sp³-hybridized carbons (Fsp3) is 0.200. The van der Waals surface area contributed by atoms with Crippen LogP contribution < -0.4 is 4.74 Å². The number of nitrogens with one attached hydrogen (secondary N) is 1. The van der Waals surface area contributed by atoms with Crippen molar-refractivity contribution in [3.05, 3.63) is 101 Å². The zero-order valence-corrected chi connectivity index (χ0v) is 15.9. The molecule has 0 aliphatic carbocycles. The molecule has 0 spiro atoms. The van der Waals surface area contributed by atoms with E-state index >= 15 is 0 Å². The maximum atomic E-state index is 5.99. The van der Waals surface area contributed by atoms with Crippen LogP contribution in [0.25, 0.3) is 10.9 Å². The molecular weight excluding hydrogens is 344 g/mol. The molecular formula is C25H24N2O. The van der Waals surface area contributed by atoms with Crippen molar-refractivity contribution in [2.24, 2.45) is 0 Å². The summed E-state index contributed by atoms with van der Waals surface area (Å²) in [5.74, 6) is 0.935. The second-order valence-electron chi connectivity index (χ2n) is 7.51. The van der Waals surface area contributed by atoms with Gasteiger partial charge in [-0.3, -0.25) is 4.90 Å². The van der Waals surface area contributed by atoms with Gasteiger partial charge in [0.05, 0.1) is 0 Å². The molecule has 0 unspecified atom stereocenters. The summed E-state index contributed by atoms with van der Waals surface area (Å²) in [4.78, 5) is 6.12. The summed E-state index contributed by atoms with van der Waals surface area (Å²) >= 11 is 0. The standard InChI is InChI=1S/C25H24N2O/c1-2-7-19(8-3-1)18-28-21-10-6-9-20(15-21)16-27-14-13-23-22-11-4-5-12-24(22)26-25(23)17-27/h1-12,15,26H,13-14,16-18H2. The minimum atomic E-state index is 0.604. The van der Waals surface area contributed by atoms with E-state index in [1.807, 2.05) is 24.3 Å². The summed E-state index contributed by atoms with van der Waals surface area (Å²) in [7, 11) is 0. The maximum Gasteiger partial charge on any atom is 0.120 e. The fourth-order valence-corrected chi connectivity index (χ4v) is 4.12. The Labute approximate surface area is 165 Å². The summed E-state index contributed by atoms with van der Waals surface area (Å²) < 4.78 is 5.99. The Hall–Kier alpha value is -3.04. The number of fused-ring (bicyclic) bond motifs is 3. The first-order valence-corrected chi connectivity index (χ1v) is 9.92. The first-order chi connectivity index (χ1) is 13.8. The van der Waals surface area contributed by atoms with Crippen LogP contribution in [0.4, 0.5) is 0 Å². The number of aromatic nitrogens is 1. The van der Waals surface area contributed by atoms with E-state index in [0.29, 0.717) is 6.61 Å². The summed E-state index contributed by atoms with van der Waals surface area (Å²) in [5, 5.41) is 1.38. The summed E-state index contributed by atoms with van der Waals surface area (Å²) in [5.41, 5.74) is 6.60. The SMILES string of the molecule is c1ccc(COc2cccc(CN3CCc4c([nH]c5ccccc45)C3)c2)cc1. The van der Waals surface area contributed by atoms with Crippen LogP contribution in [-0.4, -0.2) is 16.4 Å². The molecule has 1 aromatic heterocycles. The molecule has 0 saturated heterocycles. The van der Waals surface area contributed by atoms with Gasteiger partial charge in [-0.15, -0.1) is 0 Å². The third kappa shape index (κ3) is 3.54. The van der Waals surface area contributed by atoms with Gasteiger partial charge in [0.15, 0.2) is 0 Å². The molecule has 0 bridgehead atoms. The van der Waals surface area contributed by atoms with Crippen LogP contribution in [0.5, 0.6) is 5.75 Å². The van der Waals surface area contributed by atoms with Gasteiger partial charge in [-0.25, -0.2) is 0 Å². The van der Waals surface area contributed by atoms with Crippen LogP contribution in [0.15, 0.2) is 78.9 Å². The van der Waals surface area contributed by atoms with E-state index in [2.05, 4.69) is 64.5 Å². The topological polar surface area (TPSA) is 28.3 Å². The summed E-state index contributed by atoms with van der Waals surface area (Å²) in [6, 6.07) is 27.4. The largest absolute Gasteiger partial charge is 0.489 e. The molecule has 0 amide bonds. The number of para-hydroxylation sites is 1. The Morgan fingerprint density at radius 2 is 1.68 bits per heavy atom. The van der Waals surface area contributed by atoms with Gasteiger partial charge < -0.3 is 9.72 Å². The van der Waals surface area contributed by atoms with Gasteiger partial charge >= 0.3 is 0 Å². The van der Waals surface area contributed by atoms with Gasteiger partial charge in [-0.05, 0) is 41.3 Å². The second-order valence-corrected chi connectivity index (χ2v) is 7.51. The minimum absolute atomic E-state index is 0.604. The van der Waals surface area contributed by atoms with Crippen molar-refractivity contribution in [1.82, 2.24) is 9.88 Å². The summed E-state index contributed by atoms with van der Waals surface area (Å²) in [6.07, 6.45) is 1.10. The molecule has 1 aliphatic rings. The number of aromatic amines is 1. The van der Waals surface area contributed by atoms with E-state index in [1.165, 1.54) is 33.3 Å². The fourth-order valence-electron chi connectivity index (χ4n) is 4.12. The molecule has 28 heavy (non-hydrogen) atoms. The molecule has 0 saturated carbocycles. The quantitative estimate of drug-likeness (QED) is 0.517. The minimum Gasteiger partial charge on any atom is -0.489 e. The average molecular weight is 368 g/mol. The number of rotatable bonds is 5. The lowest BCUT2D eigenvalue weighted by Gasteiger charge is -2.27. The Balaban J connectivity index is 1.26. The lowest BCUT2D eigenvalue weighted by atomic mass is 10.0. The van der Waals surface area contributed by atoms with Crippen LogP contribution in [0.3, 0.4) is 0 Å². The van der Waals surface area contributed by atoms with Crippen LogP contribution in [0, 0.1) is 0 Å². The lowest BCUT2D eigenvalue weighted by molar-refractivity contribution is 0.242. The van der Waals surface area contributed by atoms with Crippen molar-refractivity contribution in [3.63, 3.8) is 0 Å². The highest BCUT2D eigenvalue weighted by Gasteiger charge is 2.20. The molecule has 3 nitrogen and oxygen atoms in total. The Bertz CT molecular complexity index is 1080. The first-order valence-electron chi connectivity index (χ1n) is 9.92. The van der Waals surface area contributed by atoms with E-state index in [9.17, 15) is 0 Å². The number of hydrogen-bond acceptors (Lipinski definition) is 2. The number of benzene rings is 3. The zero-order valence-electron chi connectivity index (χ0n) is 15.9. The first kappa shape index (κ1) is 17.1. The average Bonchev–Trinajstić information content (AvgIpc) is 3.11. The Morgan fingerprint density at radius 3 is 2.61 bits per heavy atom. The molecule has 4 aromatic rings. The second kappa shape index (κ2) is 7.53. The predicted octanol–water partition coefficient (Wildman–Crippen LogP) is 5.31. The summed E-state index contributed by atoms with van der Waals surface area (Å²) in [6.45, 7) is 3.60. The van der Waals surface area contributed by atoms with Gasteiger partial charge in [-0.1, -0.05) is 60.7 Å². The molecule has 5 rings (SSSR count). The molecule has 0 radical (unpaired) electrons. The molecule has 3 heteroatoms. The number of ether oxygens (including phenoxy) is 1. The van der Waals surface area contributed by atoms with Crippen molar-refractivity contribution in [2.75, 3.05) is 6.54 Å². The van der Waals surface area contributed by atoms with Crippen molar-refractivity contribution in [3.8, 4) is 5.75 Å². The smallest absolute Gasteiger partial charge is 0.120 e. The number of hydrogen-bond donors (Lipinski definition) is 1. The van der Waals surface area contributed by atoms with Gasteiger partial charge in [0.25, 0.3) is 0 Å². The van der Waals surface area contributed by atoms with Gasteiger partial charge in [0.2, 0.25) is 0 Å². The third-order valence-electron chi connectivity index (χ3n) is 5.51. The maximum absolute atomic E-state index is 5.99. The van der Waals surface area contributed by atoms with Crippen molar-refractivity contribution in [1.29, 1.82) is 0 Å². The number of H-pyrrole nitrogens is 1. The zero-order chi connectivity index (χ0) is 18.8. The predicted molar refractivity (Wildman–Crippen MR) is 113 cm³/mol. The molecule has 3 aromatic carbocycles.